The van der Waals surface area contributed by atoms with E-state index in [2.05, 4.69) is 20.5 Å². The molecule has 0 radical (unpaired) electrons. The van der Waals surface area contributed by atoms with Crippen molar-refractivity contribution in [3.05, 3.63) is 58.9 Å². The summed E-state index contributed by atoms with van der Waals surface area (Å²) in [5.74, 6) is 2.12. The van der Waals surface area contributed by atoms with Crippen LogP contribution in [0.5, 0.6) is 11.5 Å². The highest BCUT2D eigenvalue weighted by Crippen LogP contribution is 2.29. The first kappa shape index (κ1) is 17.6. The molecule has 0 spiro atoms. The molecule has 0 aliphatic heterocycles. The van der Waals surface area contributed by atoms with Gasteiger partial charge in [-0.25, -0.2) is 4.68 Å². The molecule has 5 aromatic rings. The zero-order chi connectivity index (χ0) is 19.8. The maximum Gasteiger partial charge on any atom is 0.234 e. The molecule has 0 bridgehead atoms. The number of benzene rings is 2. The zero-order valence-corrected chi connectivity index (χ0v) is 16.6. The van der Waals surface area contributed by atoms with Gasteiger partial charge in [-0.3, -0.25) is 0 Å². The number of nitrogens with zero attached hydrogens (tertiary/aromatic N) is 7. The third-order valence-electron chi connectivity index (χ3n) is 4.61. The number of methoxy groups -OCH3 is 2. The summed E-state index contributed by atoms with van der Waals surface area (Å²) in [5, 5.41) is 22.6. The van der Waals surface area contributed by atoms with Crippen LogP contribution in [0.2, 0.25) is 0 Å². The van der Waals surface area contributed by atoms with Gasteiger partial charge in [-0.05, 0) is 29.8 Å². The average Bonchev–Trinajstić information content (AvgIpc) is 3.44. The Hall–Kier alpha value is -3.53. The van der Waals surface area contributed by atoms with E-state index >= 15 is 0 Å². The van der Waals surface area contributed by atoms with Crippen molar-refractivity contribution >= 4 is 27.3 Å². The van der Waals surface area contributed by atoms with Crippen molar-refractivity contribution in [2.45, 2.75) is 13.0 Å². The fourth-order valence-corrected chi connectivity index (χ4v) is 4.09. The van der Waals surface area contributed by atoms with Gasteiger partial charge in [-0.2, -0.15) is 9.61 Å². The van der Waals surface area contributed by atoms with Crippen molar-refractivity contribution in [1.82, 2.24) is 34.8 Å². The minimum absolute atomic E-state index is 0.446. The quantitative estimate of drug-likeness (QED) is 0.427. The maximum absolute atomic E-state index is 5.39. The Bertz CT molecular complexity index is 1310. The van der Waals surface area contributed by atoms with Gasteiger partial charge in [0.15, 0.2) is 17.3 Å². The van der Waals surface area contributed by atoms with Crippen molar-refractivity contribution in [1.29, 1.82) is 0 Å². The summed E-state index contributed by atoms with van der Waals surface area (Å²) in [5.41, 5.74) is 2.88. The number of para-hydroxylation sites is 1. The molecule has 10 heteroatoms. The van der Waals surface area contributed by atoms with Crippen molar-refractivity contribution in [2.24, 2.45) is 0 Å². The van der Waals surface area contributed by atoms with Crippen LogP contribution in [0.4, 0.5) is 0 Å². The number of fused-ring (bicyclic) bond motifs is 2. The van der Waals surface area contributed by atoms with Crippen LogP contribution in [-0.4, -0.2) is 49.0 Å². The Labute approximate surface area is 169 Å². The van der Waals surface area contributed by atoms with Gasteiger partial charge in [0.2, 0.25) is 4.96 Å². The van der Waals surface area contributed by atoms with E-state index in [0.717, 1.165) is 26.6 Å². The fraction of sp³-hybridized carbons (Fsp3) is 0.211. The van der Waals surface area contributed by atoms with Gasteiger partial charge < -0.3 is 9.47 Å². The molecule has 0 saturated carbocycles. The summed E-state index contributed by atoms with van der Waals surface area (Å²) in [6, 6.07) is 13.7. The average molecular weight is 407 g/mol. The largest absolute Gasteiger partial charge is 0.493 e. The van der Waals surface area contributed by atoms with E-state index in [-0.39, 0.29) is 0 Å². The Morgan fingerprint density at radius 3 is 2.69 bits per heavy atom. The van der Waals surface area contributed by atoms with Crippen LogP contribution in [0.25, 0.3) is 16.0 Å². The van der Waals surface area contributed by atoms with Gasteiger partial charge in [0, 0.05) is 6.42 Å². The molecule has 3 aromatic heterocycles. The normalized spacial score (nSPS) is 11.4. The second-order valence-electron chi connectivity index (χ2n) is 6.41. The maximum atomic E-state index is 5.39. The van der Waals surface area contributed by atoms with E-state index in [0.29, 0.717) is 30.3 Å². The summed E-state index contributed by atoms with van der Waals surface area (Å²) >= 11 is 1.51. The molecule has 3 heterocycles. The highest BCUT2D eigenvalue weighted by molar-refractivity contribution is 7.16. The van der Waals surface area contributed by atoms with Crippen LogP contribution in [-0.2, 0) is 13.0 Å². The van der Waals surface area contributed by atoms with Gasteiger partial charge in [0.05, 0.1) is 19.7 Å². The summed E-state index contributed by atoms with van der Waals surface area (Å²) in [6.07, 6.45) is 0.667. The monoisotopic (exact) mass is 407 g/mol. The van der Waals surface area contributed by atoms with E-state index in [1.807, 2.05) is 42.5 Å². The van der Waals surface area contributed by atoms with Crippen molar-refractivity contribution in [2.75, 3.05) is 14.2 Å². The lowest BCUT2D eigenvalue weighted by molar-refractivity contribution is 0.354. The second kappa shape index (κ2) is 7.13. The van der Waals surface area contributed by atoms with Crippen molar-refractivity contribution in [3.8, 4) is 11.5 Å². The molecule has 0 aliphatic carbocycles. The van der Waals surface area contributed by atoms with Crippen LogP contribution >= 0.6 is 11.3 Å². The Morgan fingerprint density at radius 1 is 0.966 bits per heavy atom. The highest BCUT2D eigenvalue weighted by atomic mass is 32.1. The van der Waals surface area contributed by atoms with Gasteiger partial charge in [-0.1, -0.05) is 34.7 Å². The predicted molar refractivity (Wildman–Crippen MR) is 108 cm³/mol. The van der Waals surface area contributed by atoms with Crippen molar-refractivity contribution < 1.29 is 9.47 Å². The molecule has 0 atom stereocenters. The van der Waals surface area contributed by atoms with Gasteiger partial charge in [0.25, 0.3) is 0 Å². The fourth-order valence-electron chi connectivity index (χ4n) is 3.20. The molecule has 0 N–H and O–H groups in total. The molecule has 2 aromatic carbocycles. The Morgan fingerprint density at radius 2 is 1.83 bits per heavy atom. The molecule has 0 fully saturated rings. The highest BCUT2D eigenvalue weighted by Gasteiger charge is 2.15. The summed E-state index contributed by atoms with van der Waals surface area (Å²) in [4.78, 5) is 0.750. The molecule has 0 saturated heterocycles. The van der Waals surface area contributed by atoms with Gasteiger partial charge in [0.1, 0.15) is 17.1 Å². The zero-order valence-electron chi connectivity index (χ0n) is 15.8. The van der Waals surface area contributed by atoms with Crippen LogP contribution in [0.3, 0.4) is 0 Å². The lowest BCUT2D eigenvalue weighted by Gasteiger charge is -2.08. The van der Waals surface area contributed by atoms with Crippen LogP contribution < -0.4 is 9.47 Å². The predicted octanol–water partition coefficient (Wildman–Crippen LogP) is 2.59. The third-order valence-corrected chi connectivity index (χ3v) is 5.51. The summed E-state index contributed by atoms with van der Waals surface area (Å²) in [6.45, 7) is 0.446. The molecule has 9 nitrogen and oxygen atoms in total. The van der Waals surface area contributed by atoms with Crippen LogP contribution in [0, 0.1) is 0 Å². The standard InChI is InChI=1S/C19H17N7O2S/c1-27-15-8-7-12(9-16(15)28-2)10-18-23-26-17(21-22-19(26)29-18)11-25-14-6-4-3-5-13(14)20-24-25/h3-9H,10-11H2,1-2H3. The van der Waals surface area contributed by atoms with Crippen LogP contribution in [0.1, 0.15) is 16.4 Å². The van der Waals surface area contributed by atoms with E-state index < -0.39 is 0 Å². The molecule has 0 unspecified atom stereocenters. The molecule has 146 valence electrons. The minimum atomic E-state index is 0.446. The molecule has 0 amide bonds. The minimum Gasteiger partial charge on any atom is -0.493 e. The first-order valence-electron chi connectivity index (χ1n) is 8.94. The number of hydrogen-bond donors (Lipinski definition) is 0. The van der Waals surface area contributed by atoms with Crippen LogP contribution in [0.15, 0.2) is 42.5 Å². The smallest absolute Gasteiger partial charge is 0.234 e. The van der Waals surface area contributed by atoms with Gasteiger partial charge >= 0.3 is 0 Å². The van der Waals surface area contributed by atoms with Gasteiger partial charge in [-0.15, -0.1) is 15.3 Å². The van der Waals surface area contributed by atoms with Crippen molar-refractivity contribution in [3.63, 3.8) is 0 Å². The second-order valence-corrected chi connectivity index (χ2v) is 7.45. The number of rotatable bonds is 6. The number of ether oxygens (including phenoxy) is 2. The topological polar surface area (TPSA) is 92.2 Å². The molecule has 5 rings (SSSR count). The first-order chi connectivity index (χ1) is 14.2. The first-order valence-corrected chi connectivity index (χ1v) is 9.76. The lowest BCUT2D eigenvalue weighted by Crippen LogP contribution is -2.07. The van der Waals surface area contributed by atoms with E-state index in [1.165, 1.54) is 11.3 Å². The summed E-state index contributed by atoms with van der Waals surface area (Å²) < 4.78 is 14.3. The third kappa shape index (κ3) is 3.17. The Balaban J connectivity index is 1.43. The number of hydrogen-bond acceptors (Lipinski definition) is 8. The van der Waals surface area contributed by atoms with E-state index in [9.17, 15) is 0 Å². The van der Waals surface area contributed by atoms with E-state index in [1.54, 1.807) is 23.4 Å². The Kier molecular flexibility index (Phi) is 4.32. The number of aromatic nitrogens is 7. The molecule has 29 heavy (non-hydrogen) atoms. The molecular formula is C19H17N7O2S. The summed E-state index contributed by atoms with van der Waals surface area (Å²) in [7, 11) is 3.26. The lowest BCUT2D eigenvalue weighted by atomic mass is 10.1. The SMILES string of the molecule is COc1ccc(Cc2nn3c(Cn4nnc5ccccc54)nnc3s2)cc1OC. The molecule has 0 aliphatic rings. The molecular weight excluding hydrogens is 390 g/mol. The van der Waals surface area contributed by atoms with E-state index in [4.69, 9.17) is 14.6 Å².